The minimum Gasteiger partial charge on any atom is -0.472 e. The summed E-state index contributed by atoms with van der Waals surface area (Å²) in [6.07, 6.45) is 3.44. The number of nitrogens with one attached hydrogen (secondary N) is 1. The molecule has 3 heterocycles. The summed E-state index contributed by atoms with van der Waals surface area (Å²) >= 11 is 1.97. The molecule has 1 fully saturated rings. The Balaban J connectivity index is 1.70. The molecule has 124 valence electrons. The first-order valence-corrected chi connectivity index (χ1v) is 8.87. The maximum absolute atomic E-state index is 12.4. The van der Waals surface area contributed by atoms with Gasteiger partial charge in [0, 0.05) is 36.7 Å². The third-order valence-corrected chi connectivity index (χ3v) is 5.07. The van der Waals surface area contributed by atoms with Crippen LogP contribution in [0.15, 0.2) is 27.5 Å². The van der Waals surface area contributed by atoms with Crippen molar-refractivity contribution in [2.24, 2.45) is 0 Å². The molecule has 0 unspecified atom stereocenters. The molecule has 2 aromatic heterocycles. The number of amides is 1. The second kappa shape index (κ2) is 7.23. The van der Waals surface area contributed by atoms with Gasteiger partial charge in [-0.2, -0.15) is 11.8 Å². The molecule has 0 aliphatic carbocycles. The van der Waals surface area contributed by atoms with Crippen LogP contribution in [0.25, 0.3) is 0 Å². The van der Waals surface area contributed by atoms with Crippen LogP contribution >= 0.6 is 11.8 Å². The molecule has 1 atom stereocenters. The van der Waals surface area contributed by atoms with Crippen molar-refractivity contribution in [1.82, 2.24) is 15.4 Å². The Morgan fingerprint density at radius 1 is 1.43 bits per heavy atom. The monoisotopic (exact) mass is 335 g/mol. The van der Waals surface area contributed by atoms with Gasteiger partial charge in [0.05, 0.1) is 24.3 Å². The predicted octanol–water partition coefficient (Wildman–Crippen LogP) is 2.40. The van der Waals surface area contributed by atoms with Crippen molar-refractivity contribution in [3.8, 4) is 0 Å². The van der Waals surface area contributed by atoms with Crippen molar-refractivity contribution < 1.29 is 13.7 Å². The van der Waals surface area contributed by atoms with Crippen LogP contribution in [0.4, 0.5) is 0 Å². The summed E-state index contributed by atoms with van der Waals surface area (Å²) in [5.41, 5.74) is 2.25. The van der Waals surface area contributed by atoms with E-state index in [-0.39, 0.29) is 11.9 Å². The van der Waals surface area contributed by atoms with Gasteiger partial charge >= 0.3 is 0 Å². The first-order valence-electron chi connectivity index (χ1n) is 7.71. The van der Waals surface area contributed by atoms with Crippen molar-refractivity contribution in [2.45, 2.75) is 19.9 Å². The molecule has 23 heavy (non-hydrogen) atoms. The molecule has 3 rings (SSSR count). The fraction of sp³-hybridized carbons (Fsp3) is 0.500. The fourth-order valence-electron chi connectivity index (χ4n) is 2.90. The molecule has 0 spiro atoms. The van der Waals surface area contributed by atoms with Gasteiger partial charge in [-0.15, -0.1) is 0 Å². The molecular weight excluding hydrogens is 314 g/mol. The van der Waals surface area contributed by atoms with Crippen LogP contribution in [0.1, 0.15) is 33.4 Å². The zero-order valence-electron chi connectivity index (χ0n) is 13.4. The van der Waals surface area contributed by atoms with Crippen LogP contribution in [0.2, 0.25) is 0 Å². The Bertz CT molecular complexity index is 628. The van der Waals surface area contributed by atoms with E-state index in [1.165, 1.54) is 0 Å². The number of carbonyl (C=O) groups excluding carboxylic acids is 1. The van der Waals surface area contributed by atoms with Crippen molar-refractivity contribution in [1.29, 1.82) is 0 Å². The van der Waals surface area contributed by atoms with Crippen LogP contribution in [-0.2, 0) is 0 Å². The number of carbonyl (C=O) groups is 1. The van der Waals surface area contributed by atoms with Crippen molar-refractivity contribution >= 4 is 17.7 Å². The Morgan fingerprint density at radius 3 is 2.83 bits per heavy atom. The summed E-state index contributed by atoms with van der Waals surface area (Å²) in [4.78, 5) is 14.8. The van der Waals surface area contributed by atoms with Gasteiger partial charge in [-0.1, -0.05) is 5.16 Å². The molecule has 1 amide bonds. The van der Waals surface area contributed by atoms with E-state index in [1.54, 1.807) is 26.4 Å². The van der Waals surface area contributed by atoms with E-state index >= 15 is 0 Å². The molecule has 7 heteroatoms. The summed E-state index contributed by atoms with van der Waals surface area (Å²) < 4.78 is 10.3. The normalized spacial score (nSPS) is 17.1. The zero-order chi connectivity index (χ0) is 16.2. The van der Waals surface area contributed by atoms with E-state index in [0.29, 0.717) is 23.6 Å². The second-order valence-corrected chi connectivity index (χ2v) is 6.85. The minimum absolute atomic E-state index is 0.124. The van der Waals surface area contributed by atoms with Gasteiger partial charge in [0.15, 0.2) is 0 Å². The largest absolute Gasteiger partial charge is 0.472 e. The maximum Gasteiger partial charge on any atom is 0.256 e. The highest BCUT2D eigenvalue weighted by Crippen LogP contribution is 2.24. The summed E-state index contributed by atoms with van der Waals surface area (Å²) in [6, 6.07) is 2.09. The summed E-state index contributed by atoms with van der Waals surface area (Å²) in [6.45, 7) is 6.10. The third kappa shape index (κ3) is 3.61. The van der Waals surface area contributed by atoms with Gasteiger partial charge in [0.2, 0.25) is 0 Å². The molecule has 1 aliphatic rings. The maximum atomic E-state index is 12.4. The molecule has 0 bridgehead atoms. The lowest BCUT2D eigenvalue weighted by molar-refractivity contribution is 0.0932. The van der Waals surface area contributed by atoms with Crippen LogP contribution in [0.5, 0.6) is 0 Å². The second-order valence-electron chi connectivity index (χ2n) is 5.63. The lowest BCUT2D eigenvalue weighted by Gasteiger charge is -2.33. The van der Waals surface area contributed by atoms with E-state index < -0.39 is 0 Å². The predicted molar refractivity (Wildman–Crippen MR) is 88.7 cm³/mol. The van der Waals surface area contributed by atoms with Crippen molar-refractivity contribution in [2.75, 3.05) is 31.1 Å². The highest BCUT2D eigenvalue weighted by Gasteiger charge is 2.25. The SMILES string of the molecule is Cc1noc(C)c1C(=O)NC[C@@H](c1ccoc1)N1CCSCC1. The minimum atomic E-state index is -0.138. The number of aromatic nitrogens is 1. The van der Waals surface area contributed by atoms with Crippen molar-refractivity contribution in [3.05, 3.63) is 41.2 Å². The number of hydrogen-bond acceptors (Lipinski definition) is 6. The molecule has 2 aromatic rings. The third-order valence-electron chi connectivity index (χ3n) is 4.13. The number of furan rings is 1. The van der Waals surface area contributed by atoms with Gasteiger partial charge in [0.1, 0.15) is 11.3 Å². The average molecular weight is 335 g/mol. The highest BCUT2D eigenvalue weighted by atomic mass is 32.2. The lowest BCUT2D eigenvalue weighted by atomic mass is 10.1. The summed E-state index contributed by atoms with van der Waals surface area (Å²) in [7, 11) is 0. The van der Waals surface area contributed by atoms with Crippen LogP contribution in [-0.4, -0.2) is 47.1 Å². The fourth-order valence-corrected chi connectivity index (χ4v) is 3.83. The van der Waals surface area contributed by atoms with Gasteiger partial charge in [-0.05, 0) is 19.9 Å². The zero-order valence-corrected chi connectivity index (χ0v) is 14.2. The standard InChI is InChI=1S/C16H21N3O3S/c1-11-15(12(2)22-18-11)16(20)17-9-14(13-3-6-21-10-13)19-4-7-23-8-5-19/h3,6,10,14H,4-5,7-9H2,1-2H3,(H,17,20)/t14-/m0/s1. The first kappa shape index (κ1) is 16.1. The molecule has 0 radical (unpaired) electrons. The Labute approximate surface area is 139 Å². The van der Waals surface area contributed by atoms with Gasteiger partial charge in [-0.3, -0.25) is 9.69 Å². The van der Waals surface area contributed by atoms with Crippen LogP contribution < -0.4 is 5.32 Å². The number of aryl methyl sites for hydroxylation is 2. The molecule has 0 saturated carbocycles. The lowest BCUT2D eigenvalue weighted by Crippen LogP contribution is -2.42. The topological polar surface area (TPSA) is 71.5 Å². The molecule has 6 nitrogen and oxygen atoms in total. The van der Waals surface area contributed by atoms with E-state index in [9.17, 15) is 4.79 Å². The van der Waals surface area contributed by atoms with E-state index in [1.807, 2.05) is 17.8 Å². The average Bonchev–Trinajstić information content (AvgIpc) is 3.19. The molecular formula is C16H21N3O3S. The first-order chi connectivity index (χ1) is 11.2. The highest BCUT2D eigenvalue weighted by molar-refractivity contribution is 7.99. The number of thioether (sulfide) groups is 1. The number of hydrogen-bond donors (Lipinski definition) is 1. The molecule has 1 aliphatic heterocycles. The Hall–Kier alpha value is -1.73. The van der Waals surface area contributed by atoms with E-state index in [0.717, 1.165) is 30.2 Å². The smallest absolute Gasteiger partial charge is 0.256 e. The Kier molecular flexibility index (Phi) is 5.07. The van der Waals surface area contributed by atoms with Gasteiger partial charge in [-0.25, -0.2) is 0 Å². The van der Waals surface area contributed by atoms with Crippen LogP contribution in [0.3, 0.4) is 0 Å². The molecule has 1 saturated heterocycles. The van der Waals surface area contributed by atoms with Gasteiger partial charge < -0.3 is 14.3 Å². The Morgan fingerprint density at radius 2 is 2.22 bits per heavy atom. The number of nitrogens with zero attached hydrogens (tertiary/aromatic N) is 2. The van der Waals surface area contributed by atoms with E-state index in [2.05, 4.69) is 15.4 Å². The van der Waals surface area contributed by atoms with E-state index in [4.69, 9.17) is 8.94 Å². The molecule has 0 aromatic carbocycles. The quantitative estimate of drug-likeness (QED) is 0.905. The number of rotatable bonds is 5. The van der Waals surface area contributed by atoms with Crippen molar-refractivity contribution in [3.63, 3.8) is 0 Å². The summed E-state index contributed by atoms with van der Waals surface area (Å²) in [5, 5.41) is 6.86. The summed E-state index contributed by atoms with van der Waals surface area (Å²) in [5.74, 6) is 2.65. The van der Waals surface area contributed by atoms with Gasteiger partial charge in [0.25, 0.3) is 5.91 Å². The van der Waals surface area contributed by atoms with Crippen LogP contribution in [0, 0.1) is 13.8 Å². The molecule has 1 N–H and O–H groups in total.